The van der Waals surface area contributed by atoms with E-state index in [-0.39, 0.29) is 6.61 Å². The Hall–Kier alpha value is 0.557. The summed E-state index contributed by atoms with van der Waals surface area (Å²) >= 11 is 1.47. The van der Waals surface area contributed by atoms with E-state index in [1.165, 1.54) is 11.8 Å². The van der Waals surface area contributed by atoms with Crippen molar-refractivity contribution in [1.29, 1.82) is 0 Å². The number of hydrogen-bond donors (Lipinski definition) is 2. The largest absolute Gasteiger partial charge is 0.511 e. The van der Waals surface area contributed by atoms with Gasteiger partial charge in [0.2, 0.25) is 0 Å². The van der Waals surface area contributed by atoms with Gasteiger partial charge in [0, 0.05) is 25.6 Å². The summed E-state index contributed by atoms with van der Waals surface area (Å²) in [7, 11) is -7.14. The molecule has 0 aromatic rings. The maximum atomic E-state index is 10.6. The molecule has 0 atom stereocenters. The third kappa shape index (κ3) is 12.0. The van der Waals surface area contributed by atoms with Crippen molar-refractivity contribution in [2.75, 3.05) is 37.6 Å². The van der Waals surface area contributed by atoms with E-state index < -0.39 is 16.6 Å². The van der Waals surface area contributed by atoms with Crippen molar-refractivity contribution in [3.63, 3.8) is 0 Å². The second-order valence-electron chi connectivity index (χ2n) is 4.60. The zero-order chi connectivity index (χ0) is 16.9. The summed E-state index contributed by atoms with van der Waals surface area (Å²) < 4.78 is 32.8. The van der Waals surface area contributed by atoms with Gasteiger partial charge in [0.25, 0.3) is 0 Å². The highest BCUT2D eigenvalue weighted by Crippen LogP contribution is 2.35. The molecule has 134 valence electrons. The first-order valence-corrected chi connectivity index (χ1v) is 12.2. The van der Waals surface area contributed by atoms with Crippen LogP contribution in [0, 0.1) is 0 Å². The van der Waals surface area contributed by atoms with Crippen molar-refractivity contribution in [2.45, 2.75) is 40.0 Å². The number of hydrogen-bond acceptors (Lipinski definition) is 6. The number of rotatable bonds is 15. The van der Waals surface area contributed by atoms with Gasteiger partial charge in [-0.1, -0.05) is 20.8 Å². The van der Waals surface area contributed by atoms with Gasteiger partial charge in [0.05, 0.1) is 12.0 Å². The topological polar surface area (TPSA) is 94.5 Å². The molecule has 0 aliphatic rings. The van der Waals surface area contributed by atoms with Gasteiger partial charge < -0.3 is 23.1 Å². The van der Waals surface area contributed by atoms with Crippen molar-refractivity contribution in [3.8, 4) is 0 Å². The molecule has 0 rings (SSSR count). The van der Waals surface area contributed by atoms with E-state index in [9.17, 15) is 4.57 Å². The Morgan fingerprint density at radius 2 is 1.36 bits per heavy atom. The Morgan fingerprint density at radius 3 is 1.73 bits per heavy atom. The van der Waals surface area contributed by atoms with Crippen LogP contribution in [-0.2, 0) is 22.4 Å². The lowest BCUT2D eigenvalue weighted by atomic mass is 10.5. The lowest BCUT2D eigenvalue weighted by Crippen LogP contribution is -2.49. The average Bonchev–Trinajstić information content (AvgIpc) is 2.46. The Bertz CT molecular complexity index is 294. The lowest BCUT2D eigenvalue weighted by molar-refractivity contribution is 0.0649. The van der Waals surface area contributed by atoms with Gasteiger partial charge in [-0.15, -0.1) is 0 Å². The highest BCUT2D eigenvalue weighted by Gasteiger charge is 2.41. The maximum absolute atomic E-state index is 10.6. The van der Waals surface area contributed by atoms with Gasteiger partial charge in [0.1, 0.15) is 0 Å². The molecule has 22 heavy (non-hydrogen) atoms. The van der Waals surface area contributed by atoms with Crippen molar-refractivity contribution in [2.24, 2.45) is 0 Å². The van der Waals surface area contributed by atoms with E-state index in [0.717, 1.165) is 19.3 Å². The zero-order valence-corrected chi connectivity index (χ0v) is 16.4. The predicted octanol–water partition coefficient (Wildman–Crippen LogP) is 2.59. The minimum Gasteiger partial charge on any atom is -0.373 e. The fraction of sp³-hybridized carbons (Fsp3) is 1.00. The molecule has 0 saturated carbocycles. The van der Waals surface area contributed by atoms with E-state index in [0.29, 0.717) is 30.9 Å². The third-order valence-corrected chi connectivity index (χ3v) is 7.48. The molecule has 0 aliphatic heterocycles. The smallest absolute Gasteiger partial charge is 0.373 e. The van der Waals surface area contributed by atoms with Crippen LogP contribution in [0.3, 0.4) is 0 Å². The first-order chi connectivity index (χ1) is 10.4. The maximum Gasteiger partial charge on any atom is 0.511 e. The fourth-order valence-corrected chi connectivity index (χ4v) is 6.46. The van der Waals surface area contributed by atoms with Crippen LogP contribution < -0.4 is 0 Å². The summed E-state index contributed by atoms with van der Waals surface area (Å²) in [5, 5.41) is 0.553. The van der Waals surface area contributed by atoms with Crippen molar-refractivity contribution >= 4 is 28.4 Å². The third-order valence-electron chi connectivity index (χ3n) is 2.34. The summed E-state index contributed by atoms with van der Waals surface area (Å²) in [6.07, 6.45) is 2.64. The van der Waals surface area contributed by atoms with Gasteiger partial charge in [0.15, 0.2) is 0 Å². The number of phosphoric ester groups is 1. The number of phosphoric acid groups is 1. The van der Waals surface area contributed by atoms with Gasteiger partial charge >= 0.3 is 16.6 Å². The van der Waals surface area contributed by atoms with Gasteiger partial charge in [-0.05, 0) is 19.3 Å². The van der Waals surface area contributed by atoms with E-state index >= 15 is 0 Å². The Kier molecular flexibility index (Phi) is 13.2. The van der Waals surface area contributed by atoms with Crippen LogP contribution in [-0.4, -0.2) is 56.1 Å². The predicted molar refractivity (Wildman–Crippen MR) is 89.8 cm³/mol. The standard InChI is InChI=1S/C12H29O7PSSi/c1-4-7-17-22(18-8-5-2,19-9-6-3)12-21-11-10-16-20(13,14)15/h4-12H2,1-3H3,(H2,13,14,15). The number of thioether (sulfide) groups is 1. The van der Waals surface area contributed by atoms with Crippen LogP contribution in [0.15, 0.2) is 0 Å². The Morgan fingerprint density at radius 1 is 0.909 bits per heavy atom. The monoisotopic (exact) mass is 376 g/mol. The van der Waals surface area contributed by atoms with Crippen LogP contribution in [0.5, 0.6) is 0 Å². The van der Waals surface area contributed by atoms with E-state index in [4.69, 9.17) is 23.1 Å². The molecule has 0 heterocycles. The first kappa shape index (κ1) is 22.6. The molecule has 10 heteroatoms. The fourth-order valence-electron chi connectivity index (χ4n) is 1.43. The molecule has 0 aromatic carbocycles. The second-order valence-corrected chi connectivity index (χ2v) is 10.0. The first-order valence-electron chi connectivity index (χ1n) is 7.58. The van der Waals surface area contributed by atoms with Crippen LogP contribution in [0.25, 0.3) is 0 Å². The van der Waals surface area contributed by atoms with Crippen molar-refractivity contribution in [1.82, 2.24) is 0 Å². The minimum absolute atomic E-state index is 0.0191. The normalized spacial score (nSPS) is 12.8. The minimum atomic E-state index is -4.40. The summed E-state index contributed by atoms with van der Waals surface area (Å²) in [5.41, 5.74) is 0. The highest BCUT2D eigenvalue weighted by molar-refractivity contribution is 8.00. The van der Waals surface area contributed by atoms with Gasteiger partial charge in [-0.25, -0.2) is 4.57 Å². The SMILES string of the molecule is CCCO[Si](CSCCOP(=O)(O)O)(OCCC)OCCC. The Labute approximate surface area is 138 Å². The molecule has 2 N–H and O–H groups in total. The molecule has 0 aromatic heterocycles. The van der Waals surface area contributed by atoms with Crippen LogP contribution in [0.1, 0.15) is 40.0 Å². The second kappa shape index (κ2) is 12.9. The average molecular weight is 376 g/mol. The van der Waals surface area contributed by atoms with Crippen molar-refractivity contribution < 1.29 is 32.2 Å². The van der Waals surface area contributed by atoms with E-state index in [1.54, 1.807) is 0 Å². The van der Waals surface area contributed by atoms with Crippen molar-refractivity contribution in [3.05, 3.63) is 0 Å². The zero-order valence-electron chi connectivity index (χ0n) is 13.7. The summed E-state index contributed by atoms with van der Waals surface area (Å²) in [6, 6.07) is 0. The van der Waals surface area contributed by atoms with E-state index in [1.807, 2.05) is 20.8 Å². The molecule has 7 nitrogen and oxygen atoms in total. The molecule has 0 fully saturated rings. The molecule has 0 radical (unpaired) electrons. The molecular formula is C12H29O7PSSi. The highest BCUT2D eigenvalue weighted by atomic mass is 32.2. The molecule has 0 aliphatic carbocycles. The molecule has 0 spiro atoms. The molecule has 0 saturated heterocycles. The Balaban J connectivity index is 4.41. The van der Waals surface area contributed by atoms with Crippen LogP contribution in [0.2, 0.25) is 0 Å². The molecule has 0 unspecified atom stereocenters. The van der Waals surface area contributed by atoms with Crippen LogP contribution >= 0.6 is 19.6 Å². The van der Waals surface area contributed by atoms with Crippen LogP contribution in [0.4, 0.5) is 0 Å². The van der Waals surface area contributed by atoms with Gasteiger partial charge in [-0.2, -0.15) is 11.8 Å². The van der Waals surface area contributed by atoms with E-state index in [2.05, 4.69) is 4.52 Å². The van der Waals surface area contributed by atoms with Gasteiger partial charge in [-0.3, -0.25) is 4.52 Å². The summed E-state index contributed by atoms with van der Waals surface area (Å²) in [4.78, 5) is 17.3. The molecular weight excluding hydrogens is 347 g/mol. The summed E-state index contributed by atoms with van der Waals surface area (Å²) in [5.74, 6) is 0.445. The lowest BCUT2D eigenvalue weighted by Gasteiger charge is -2.29. The quantitative estimate of drug-likeness (QED) is 0.256. The molecule has 0 bridgehead atoms. The molecule has 0 amide bonds. The summed E-state index contributed by atoms with van der Waals surface area (Å²) in [6.45, 7) is 7.81.